The van der Waals surface area contributed by atoms with Gasteiger partial charge in [0.25, 0.3) is 0 Å². The van der Waals surface area contributed by atoms with Crippen molar-refractivity contribution < 1.29 is 13.9 Å². The number of carbonyl (C=O) groups excluding carboxylic acids is 1. The summed E-state index contributed by atoms with van der Waals surface area (Å²) < 4.78 is 18.2. The van der Waals surface area contributed by atoms with Crippen molar-refractivity contribution in [3.8, 4) is 0 Å². The van der Waals surface area contributed by atoms with Gasteiger partial charge in [0.05, 0.1) is 19.1 Å². The van der Waals surface area contributed by atoms with Gasteiger partial charge >= 0.3 is 0 Å². The van der Waals surface area contributed by atoms with Gasteiger partial charge in [0.15, 0.2) is 0 Å². The third-order valence-electron chi connectivity index (χ3n) is 2.77. The molecule has 1 aliphatic heterocycles. The number of nitrogens with two attached hydrogens (primary N) is 1. The average Bonchev–Trinajstić information content (AvgIpc) is 2.62. The quantitative estimate of drug-likeness (QED) is 0.809. The van der Waals surface area contributed by atoms with E-state index in [0.29, 0.717) is 18.9 Å². The minimum absolute atomic E-state index is 0.222. The van der Waals surface area contributed by atoms with Crippen molar-refractivity contribution in [1.29, 1.82) is 0 Å². The Hall–Kier alpha value is -1.46. The fourth-order valence-corrected chi connectivity index (χ4v) is 1.88. The van der Waals surface area contributed by atoms with E-state index < -0.39 is 0 Å². The highest BCUT2D eigenvalue weighted by Gasteiger charge is 2.31. The summed E-state index contributed by atoms with van der Waals surface area (Å²) in [7, 11) is 0. The summed E-state index contributed by atoms with van der Waals surface area (Å²) in [6.45, 7) is 2.48. The highest BCUT2D eigenvalue weighted by atomic mass is 19.1. The Balaban J connectivity index is 2.07. The second kappa shape index (κ2) is 4.81. The number of aryl methyl sites for hydroxylation is 1. The Morgan fingerprint density at radius 2 is 2.24 bits per heavy atom. The SMILES string of the molecule is Cc1cc(F)cc(NC(=O)C2COCC2N)c1. The minimum atomic E-state index is -0.368. The van der Waals surface area contributed by atoms with Crippen molar-refractivity contribution in [3.63, 3.8) is 0 Å². The molecule has 4 nitrogen and oxygen atoms in total. The fraction of sp³-hybridized carbons (Fsp3) is 0.417. The molecule has 92 valence electrons. The predicted molar refractivity (Wildman–Crippen MR) is 62.1 cm³/mol. The number of hydrogen-bond acceptors (Lipinski definition) is 3. The summed E-state index contributed by atoms with van der Waals surface area (Å²) in [4.78, 5) is 11.9. The van der Waals surface area contributed by atoms with Crippen LogP contribution in [0.4, 0.5) is 10.1 Å². The van der Waals surface area contributed by atoms with Gasteiger partial charge in [-0.3, -0.25) is 4.79 Å². The lowest BCUT2D eigenvalue weighted by molar-refractivity contribution is -0.120. The van der Waals surface area contributed by atoms with E-state index >= 15 is 0 Å². The Labute approximate surface area is 98.9 Å². The van der Waals surface area contributed by atoms with E-state index in [1.807, 2.05) is 0 Å². The molecule has 5 heteroatoms. The van der Waals surface area contributed by atoms with E-state index in [9.17, 15) is 9.18 Å². The standard InChI is InChI=1S/C12H15FN2O2/c1-7-2-8(13)4-9(3-7)15-12(16)10-5-17-6-11(10)14/h2-4,10-11H,5-6,14H2,1H3,(H,15,16). The van der Waals surface area contributed by atoms with Crippen LogP contribution in [-0.4, -0.2) is 25.2 Å². The molecule has 0 bridgehead atoms. The van der Waals surface area contributed by atoms with Gasteiger partial charge in [-0.2, -0.15) is 0 Å². The molecular formula is C12H15FN2O2. The van der Waals surface area contributed by atoms with Crippen LogP contribution >= 0.6 is 0 Å². The van der Waals surface area contributed by atoms with E-state index in [4.69, 9.17) is 10.5 Å². The molecule has 2 atom stereocenters. The smallest absolute Gasteiger partial charge is 0.231 e. The zero-order valence-electron chi connectivity index (χ0n) is 9.57. The molecule has 2 unspecified atom stereocenters. The molecule has 0 radical (unpaired) electrons. The van der Waals surface area contributed by atoms with Gasteiger partial charge in [0, 0.05) is 11.7 Å². The van der Waals surface area contributed by atoms with Crippen molar-refractivity contribution in [2.24, 2.45) is 11.7 Å². The van der Waals surface area contributed by atoms with Crippen molar-refractivity contribution >= 4 is 11.6 Å². The lowest BCUT2D eigenvalue weighted by atomic mass is 10.0. The molecule has 2 rings (SSSR count). The van der Waals surface area contributed by atoms with Crippen LogP contribution in [0.1, 0.15) is 5.56 Å². The van der Waals surface area contributed by atoms with Crippen LogP contribution in [0.3, 0.4) is 0 Å². The maximum absolute atomic E-state index is 13.1. The number of hydrogen-bond donors (Lipinski definition) is 2. The summed E-state index contributed by atoms with van der Waals surface area (Å²) in [5.41, 5.74) is 6.94. The van der Waals surface area contributed by atoms with Gasteiger partial charge < -0.3 is 15.8 Å². The summed E-state index contributed by atoms with van der Waals surface area (Å²) in [6, 6.07) is 4.11. The van der Waals surface area contributed by atoms with Gasteiger partial charge in [-0.15, -0.1) is 0 Å². The Kier molecular flexibility index (Phi) is 3.40. The molecule has 0 aliphatic carbocycles. The monoisotopic (exact) mass is 238 g/mol. The van der Waals surface area contributed by atoms with Gasteiger partial charge in [0.2, 0.25) is 5.91 Å². The van der Waals surface area contributed by atoms with Crippen molar-refractivity contribution in [3.05, 3.63) is 29.6 Å². The normalized spacial score (nSPS) is 23.7. The topological polar surface area (TPSA) is 64.3 Å². The number of ether oxygens (including phenoxy) is 1. The van der Waals surface area contributed by atoms with Crippen molar-refractivity contribution in [1.82, 2.24) is 0 Å². The first-order valence-corrected chi connectivity index (χ1v) is 5.47. The molecule has 1 aromatic carbocycles. The lowest BCUT2D eigenvalue weighted by Crippen LogP contribution is -2.37. The number of carbonyl (C=O) groups is 1. The molecule has 1 amide bonds. The average molecular weight is 238 g/mol. The highest BCUT2D eigenvalue weighted by Crippen LogP contribution is 2.17. The van der Waals surface area contributed by atoms with Crippen LogP contribution in [0.5, 0.6) is 0 Å². The molecule has 17 heavy (non-hydrogen) atoms. The largest absolute Gasteiger partial charge is 0.379 e. The Morgan fingerprint density at radius 1 is 1.47 bits per heavy atom. The van der Waals surface area contributed by atoms with Crippen LogP contribution in [-0.2, 0) is 9.53 Å². The summed E-state index contributed by atoms with van der Waals surface area (Å²) in [6.07, 6.45) is 0. The molecule has 1 aliphatic rings. The molecule has 1 fully saturated rings. The first kappa shape index (κ1) is 12.0. The number of anilines is 1. The van der Waals surface area contributed by atoms with E-state index in [2.05, 4.69) is 5.32 Å². The van der Waals surface area contributed by atoms with Gasteiger partial charge in [-0.1, -0.05) is 0 Å². The maximum atomic E-state index is 13.1. The van der Waals surface area contributed by atoms with Crippen LogP contribution < -0.4 is 11.1 Å². The number of nitrogens with one attached hydrogen (secondary N) is 1. The minimum Gasteiger partial charge on any atom is -0.379 e. The first-order chi connectivity index (χ1) is 8.06. The number of benzene rings is 1. The number of halogens is 1. The fourth-order valence-electron chi connectivity index (χ4n) is 1.88. The summed E-state index contributed by atoms with van der Waals surface area (Å²) in [5, 5.41) is 2.66. The van der Waals surface area contributed by atoms with Crippen LogP contribution in [0.2, 0.25) is 0 Å². The second-order valence-corrected chi connectivity index (χ2v) is 4.31. The molecule has 0 aromatic heterocycles. The molecule has 1 aromatic rings. The van der Waals surface area contributed by atoms with E-state index in [1.54, 1.807) is 13.0 Å². The summed E-state index contributed by atoms with van der Waals surface area (Å²) in [5.74, 6) is -0.953. The molecule has 1 saturated heterocycles. The molecule has 0 spiro atoms. The second-order valence-electron chi connectivity index (χ2n) is 4.31. The molecule has 1 heterocycles. The van der Waals surface area contributed by atoms with E-state index in [-0.39, 0.29) is 23.7 Å². The van der Waals surface area contributed by atoms with Gasteiger partial charge in [-0.05, 0) is 30.7 Å². The first-order valence-electron chi connectivity index (χ1n) is 5.47. The maximum Gasteiger partial charge on any atom is 0.231 e. The van der Waals surface area contributed by atoms with Crippen LogP contribution in [0, 0.1) is 18.7 Å². The summed E-state index contributed by atoms with van der Waals surface area (Å²) >= 11 is 0. The third-order valence-corrected chi connectivity index (χ3v) is 2.77. The highest BCUT2D eigenvalue weighted by molar-refractivity contribution is 5.93. The molecule has 0 saturated carbocycles. The zero-order chi connectivity index (χ0) is 12.4. The van der Waals surface area contributed by atoms with E-state index in [0.717, 1.165) is 5.56 Å². The van der Waals surface area contributed by atoms with Crippen molar-refractivity contribution in [2.75, 3.05) is 18.5 Å². The third kappa shape index (κ3) is 2.81. The number of amides is 1. The van der Waals surface area contributed by atoms with Gasteiger partial charge in [-0.25, -0.2) is 4.39 Å². The lowest BCUT2D eigenvalue weighted by Gasteiger charge is -2.13. The van der Waals surface area contributed by atoms with Crippen LogP contribution in [0.25, 0.3) is 0 Å². The zero-order valence-corrected chi connectivity index (χ0v) is 9.57. The molecule has 3 N–H and O–H groups in total. The Morgan fingerprint density at radius 3 is 2.82 bits per heavy atom. The van der Waals surface area contributed by atoms with Crippen LogP contribution in [0.15, 0.2) is 18.2 Å². The van der Waals surface area contributed by atoms with Gasteiger partial charge in [0.1, 0.15) is 5.82 Å². The molecular weight excluding hydrogens is 223 g/mol. The predicted octanol–water partition coefficient (Wildman–Crippen LogP) is 1.05. The number of rotatable bonds is 2. The van der Waals surface area contributed by atoms with Crippen molar-refractivity contribution in [2.45, 2.75) is 13.0 Å². The Bertz CT molecular complexity index is 416. The van der Waals surface area contributed by atoms with E-state index in [1.165, 1.54) is 12.1 Å².